The Hall–Kier alpha value is -3.01. The molecular formula is C36H53N3O6. The molecule has 0 aliphatic carbocycles. The minimum absolute atomic E-state index is 0.0309. The van der Waals surface area contributed by atoms with E-state index in [-0.39, 0.29) is 17.2 Å². The summed E-state index contributed by atoms with van der Waals surface area (Å²) in [5, 5.41) is 3.60. The van der Waals surface area contributed by atoms with Crippen LogP contribution in [0.25, 0.3) is 0 Å². The average Bonchev–Trinajstić information content (AvgIpc) is 3.33. The largest absolute Gasteiger partial charge is 0.493 e. The van der Waals surface area contributed by atoms with Crippen LogP contribution in [0.4, 0.5) is 0 Å². The van der Waals surface area contributed by atoms with Crippen LogP contribution in [0.5, 0.6) is 28.7 Å². The van der Waals surface area contributed by atoms with Crippen molar-refractivity contribution in [2.75, 3.05) is 74.8 Å². The molecule has 0 radical (unpaired) electrons. The maximum absolute atomic E-state index is 14.2. The van der Waals surface area contributed by atoms with Crippen LogP contribution < -0.4 is 29.0 Å². The molecule has 45 heavy (non-hydrogen) atoms. The lowest BCUT2D eigenvalue weighted by Crippen LogP contribution is -2.47. The summed E-state index contributed by atoms with van der Waals surface area (Å²) in [7, 11) is 8.08. The van der Waals surface area contributed by atoms with Crippen molar-refractivity contribution in [1.82, 2.24) is 15.1 Å². The third-order valence-corrected chi connectivity index (χ3v) is 10.5. The number of benzene rings is 2. The quantitative estimate of drug-likeness (QED) is 0.316. The molecule has 0 amide bonds. The zero-order valence-corrected chi connectivity index (χ0v) is 28.0. The van der Waals surface area contributed by atoms with E-state index < -0.39 is 0 Å². The molecular weight excluding hydrogens is 570 g/mol. The molecule has 3 saturated heterocycles. The Balaban J connectivity index is 1.40. The van der Waals surface area contributed by atoms with Gasteiger partial charge in [0.1, 0.15) is 0 Å². The number of ether oxygens (including phenoxy) is 5. The number of rotatable bonds is 12. The highest BCUT2D eigenvalue weighted by molar-refractivity contribution is 6.01. The van der Waals surface area contributed by atoms with Crippen LogP contribution in [-0.4, -0.2) is 102 Å². The first kappa shape index (κ1) is 33.4. The number of ketones is 1. The van der Waals surface area contributed by atoms with E-state index in [4.69, 9.17) is 23.7 Å². The number of Topliss-reactive ketones (excluding diaryl/α,β-unsaturated/α-hetero) is 1. The standard InChI is InChI=1S/C36H53N3O6/c1-41-30-11-10-27(24-31(30)42-2)36(15-21-38-19-12-28(13-20-38)39-17-7-6-8-18-39)14-9-16-37-29(25-36)34(40)26-22-32(43-3)35(45-5)33(23-26)44-4/h10-11,22-24,28-29,37H,6-9,12-21,25H2,1-5H3. The van der Waals surface area contributed by atoms with Crippen LogP contribution >= 0.6 is 0 Å². The maximum Gasteiger partial charge on any atom is 0.203 e. The van der Waals surface area contributed by atoms with Crippen LogP contribution in [0.3, 0.4) is 0 Å². The molecule has 3 heterocycles. The number of hydrogen-bond donors (Lipinski definition) is 1. The lowest BCUT2D eigenvalue weighted by atomic mass is 9.69. The molecule has 2 atom stereocenters. The lowest BCUT2D eigenvalue weighted by Gasteiger charge is -2.42. The van der Waals surface area contributed by atoms with Gasteiger partial charge in [-0.2, -0.15) is 0 Å². The van der Waals surface area contributed by atoms with Gasteiger partial charge in [-0.05, 0) is 126 Å². The summed E-state index contributed by atoms with van der Waals surface area (Å²) in [6.45, 7) is 6.58. The number of carbonyl (C=O) groups is 1. The number of hydrogen-bond acceptors (Lipinski definition) is 9. The SMILES string of the molecule is COc1ccc(C2(CCN3CCC(N4CCCCC4)CC3)CCCNC(C(=O)c3cc(OC)c(OC)c(OC)c3)C2)cc1OC. The van der Waals surface area contributed by atoms with Crippen LogP contribution in [0, 0.1) is 0 Å². The summed E-state index contributed by atoms with van der Waals surface area (Å²) in [4.78, 5) is 19.6. The average molecular weight is 624 g/mol. The van der Waals surface area contributed by atoms with E-state index in [1.165, 1.54) is 50.8 Å². The van der Waals surface area contributed by atoms with Gasteiger partial charge >= 0.3 is 0 Å². The molecule has 0 spiro atoms. The molecule has 2 aromatic rings. The highest BCUT2D eigenvalue weighted by Gasteiger charge is 2.40. The summed E-state index contributed by atoms with van der Waals surface area (Å²) >= 11 is 0. The Kier molecular flexibility index (Phi) is 11.5. The molecule has 0 saturated carbocycles. The second kappa shape index (κ2) is 15.5. The predicted molar refractivity (Wildman–Crippen MR) is 177 cm³/mol. The van der Waals surface area contributed by atoms with Gasteiger partial charge in [0.25, 0.3) is 0 Å². The molecule has 9 nitrogen and oxygen atoms in total. The monoisotopic (exact) mass is 623 g/mol. The highest BCUT2D eigenvalue weighted by Crippen LogP contribution is 2.44. The summed E-state index contributed by atoms with van der Waals surface area (Å²) in [5.41, 5.74) is 1.54. The van der Waals surface area contributed by atoms with Crippen molar-refractivity contribution in [1.29, 1.82) is 0 Å². The first-order valence-corrected chi connectivity index (χ1v) is 16.7. The van der Waals surface area contributed by atoms with E-state index in [9.17, 15) is 4.79 Å². The summed E-state index contributed by atoms with van der Waals surface area (Å²) in [6.07, 6.45) is 10.2. The Morgan fingerprint density at radius 1 is 0.800 bits per heavy atom. The van der Waals surface area contributed by atoms with Gasteiger partial charge in [-0.1, -0.05) is 12.5 Å². The Morgan fingerprint density at radius 3 is 2.09 bits per heavy atom. The zero-order chi connectivity index (χ0) is 31.8. The number of carbonyl (C=O) groups excluding carboxylic acids is 1. The van der Waals surface area contributed by atoms with Crippen molar-refractivity contribution in [2.45, 2.75) is 75.3 Å². The van der Waals surface area contributed by atoms with Crippen LogP contribution in [0.1, 0.15) is 73.7 Å². The third-order valence-electron chi connectivity index (χ3n) is 10.5. The van der Waals surface area contributed by atoms with Crippen LogP contribution in [-0.2, 0) is 5.41 Å². The third kappa shape index (κ3) is 7.53. The Morgan fingerprint density at radius 2 is 1.47 bits per heavy atom. The van der Waals surface area contributed by atoms with Gasteiger partial charge in [-0.25, -0.2) is 0 Å². The Bertz CT molecular complexity index is 1250. The topological polar surface area (TPSA) is 81.7 Å². The molecule has 5 rings (SSSR count). The van der Waals surface area contributed by atoms with E-state index in [1.807, 2.05) is 6.07 Å². The van der Waals surface area contributed by atoms with Crippen molar-refractivity contribution in [3.63, 3.8) is 0 Å². The van der Waals surface area contributed by atoms with Crippen LogP contribution in [0.2, 0.25) is 0 Å². The molecule has 3 aliphatic rings. The van der Waals surface area contributed by atoms with Gasteiger partial charge < -0.3 is 38.8 Å². The molecule has 9 heteroatoms. The Labute approximate surface area is 269 Å². The minimum Gasteiger partial charge on any atom is -0.493 e. The second-order valence-electron chi connectivity index (χ2n) is 12.9. The van der Waals surface area contributed by atoms with Gasteiger partial charge in [0.05, 0.1) is 41.6 Å². The van der Waals surface area contributed by atoms with Crippen LogP contribution in [0.15, 0.2) is 30.3 Å². The van der Waals surface area contributed by atoms with Crippen molar-refractivity contribution in [2.24, 2.45) is 0 Å². The summed E-state index contributed by atoms with van der Waals surface area (Å²) in [5.74, 6) is 2.91. The smallest absolute Gasteiger partial charge is 0.203 e. The van der Waals surface area contributed by atoms with Gasteiger partial charge in [0.15, 0.2) is 28.8 Å². The molecule has 0 aromatic heterocycles. The number of likely N-dealkylation sites (tertiary alicyclic amines) is 2. The van der Waals surface area contributed by atoms with E-state index in [0.29, 0.717) is 35.0 Å². The second-order valence-corrected chi connectivity index (χ2v) is 12.9. The van der Waals surface area contributed by atoms with E-state index in [2.05, 4.69) is 27.2 Å². The number of methoxy groups -OCH3 is 5. The van der Waals surface area contributed by atoms with Crippen molar-refractivity contribution in [3.8, 4) is 28.7 Å². The predicted octanol–water partition coefficient (Wildman–Crippen LogP) is 5.33. The maximum atomic E-state index is 14.2. The minimum atomic E-state index is -0.367. The molecule has 248 valence electrons. The molecule has 3 fully saturated rings. The molecule has 0 bridgehead atoms. The molecule has 2 aromatic carbocycles. The number of piperidine rings is 2. The fourth-order valence-electron chi connectivity index (χ4n) is 7.84. The van der Waals surface area contributed by atoms with Crippen molar-refractivity contribution >= 4 is 5.78 Å². The fraction of sp³-hybridized carbons (Fsp3) is 0.639. The van der Waals surface area contributed by atoms with E-state index in [0.717, 1.165) is 57.2 Å². The number of nitrogens with zero attached hydrogens (tertiary/aromatic N) is 2. The summed E-state index contributed by atoms with van der Waals surface area (Å²) < 4.78 is 28.0. The normalized spacial score (nSPS) is 23.6. The van der Waals surface area contributed by atoms with Gasteiger partial charge in [0.2, 0.25) is 5.75 Å². The highest BCUT2D eigenvalue weighted by atomic mass is 16.5. The van der Waals surface area contributed by atoms with Gasteiger partial charge in [-0.15, -0.1) is 0 Å². The molecule has 3 aliphatic heterocycles. The number of nitrogens with one attached hydrogen (secondary N) is 1. The van der Waals surface area contributed by atoms with Crippen molar-refractivity contribution in [3.05, 3.63) is 41.5 Å². The van der Waals surface area contributed by atoms with Gasteiger partial charge in [-0.3, -0.25) is 4.79 Å². The van der Waals surface area contributed by atoms with E-state index in [1.54, 1.807) is 47.7 Å². The fourth-order valence-corrected chi connectivity index (χ4v) is 7.84. The van der Waals surface area contributed by atoms with E-state index >= 15 is 0 Å². The first-order valence-electron chi connectivity index (χ1n) is 16.7. The lowest BCUT2D eigenvalue weighted by molar-refractivity contribution is 0.0854. The zero-order valence-electron chi connectivity index (χ0n) is 28.0. The molecule has 1 N–H and O–H groups in total. The van der Waals surface area contributed by atoms with Gasteiger partial charge in [0, 0.05) is 11.6 Å². The first-order chi connectivity index (χ1) is 21.9. The van der Waals surface area contributed by atoms with Crippen molar-refractivity contribution < 1.29 is 28.5 Å². The summed E-state index contributed by atoms with van der Waals surface area (Å²) in [6, 6.07) is 10.2. The molecule has 2 unspecified atom stereocenters.